The van der Waals surface area contributed by atoms with E-state index in [0.717, 1.165) is 6.07 Å². The molecule has 0 amide bonds. The quantitative estimate of drug-likeness (QED) is 0.605. The zero-order valence-corrected chi connectivity index (χ0v) is 14.9. The molecule has 1 aromatic carbocycles. The summed E-state index contributed by atoms with van der Waals surface area (Å²) in [6, 6.07) is 2.09. The molecule has 2 N–H and O–H groups in total. The molecule has 1 rings (SSSR count). The molecule has 0 aliphatic rings. The first-order chi connectivity index (χ1) is 9.51. The first-order valence-corrected chi connectivity index (χ1v) is 8.41. The molecule has 0 saturated heterocycles. The van der Waals surface area contributed by atoms with Crippen molar-refractivity contribution < 1.29 is 18.4 Å². The van der Waals surface area contributed by atoms with Gasteiger partial charge in [0.15, 0.2) is 0 Å². The lowest BCUT2D eigenvalue weighted by molar-refractivity contribution is 0.234. The topological polar surface area (TPSA) is 55.3 Å². The molecule has 2 atom stereocenters. The predicted molar refractivity (Wildman–Crippen MR) is 84.1 cm³/mol. The van der Waals surface area contributed by atoms with Crippen molar-refractivity contribution in [3.63, 3.8) is 0 Å². The summed E-state index contributed by atoms with van der Waals surface area (Å²) in [5.74, 6) is -1.45. The van der Waals surface area contributed by atoms with Crippen molar-refractivity contribution in [2.24, 2.45) is 0 Å². The molecule has 7 heteroatoms. The Morgan fingerprint density at radius 2 is 1.81 bits per heavy atom. The lowest BCUT2D eigenvalue weighted by Gasteiger charge is -2.35. The van der Waals surface area contributed by atoms with Gasteiger partial charge >= 0.3 is 0 Å². The highest BCUT2D eigenvalue weighted by molar-refractivity contribution is 9.10. The zero-order chi connectivity index (χ0) is 16.4. The molecular formula is C14H20BrF2NO2S. The van der Waals surface area contributed by atoms with Crippen LogP contribution in [0.3, 0.4) is 0 Å². The van der Waals surface area contributed by atoms with Crippen LogP contribution < -0.4 is 4.72 Å². The van der Waals surface area contributed by atoms with Crippen molar-refractivity contribution >= 4 is 27.3 Å². The van der Waals surface area contributed by atoms with E-state index >= 15 is 0 Å². The minimum atomic E-state index is -1.47. The Morgan fingerprint density at radius 3 is 2.29 bits per heavy atom. The Balaban J connectivity index is 3.25. The van der Waals surface area contributed by atoms with E-state index in [0.29, 0.717) is 0 Å². The molecule has 0 aliphatic heterocycles. The summed E-state index contributed by atoms with van der Waals surface area (Å²) < 4.78 is 42.2. The molecule has 0 aliphatic carbocycles. The second-order valence-corrected chi connectivity index (χ2v) is 8.86. The van der Waals surface area contributed by atoms with Gasteiger partial charge in [-0.2, -0.15) is 0 Å². The van der Waals surface area contributed by atoms with Gasteiger partial charge in [-0.1, -0.05) is 0 Å². The predicted octanol–water partition coefficient (Wildman–Crippen LogP) is 3.38. The molecule has 21 heavy (non-hydrogen) atoms. The third-order valence-corrected chi connectivity index (χ3v) is 5.45. The maximum Gasteiger partial charge on any atom is 0.140 e. The fraction of sp³-hybridized carbons (Fsp3) is 0.571. The van der Waals surface area contributed by atoms with E-state index in [1.807, 2.05) is 0 Å². The van der Waals surface area contributed by atoms with Crippen molar-refractivity contribution in [3.05, 3.63) is 33.8 Å². The summed E-state index contributed by atoms with van der Waals surface area (Å²) in [5.41, 5.74) is -0.921. The van der Waals surface area contributed by atoms with Crippen LogP contribution in [0.1, 0.15) is 39.7 Å². The summed E-state index contributed by atoms with van der Waals surface area (Å²) in [6.45, 7) is 6.76. The van der Waals surface area contributed by atoms with Gasteiger partial charge in [-0.25, -0.2) is 8.78 Å². The first kappa shape index (κ1) is 18.8. The first-order valence-electron chi connectivity index (χ1n) is 6.47. The SMILES string of the molecule is CC(CCO)(N[S+]([O-])C(C)(C)C)c1cc(Br)c(F)cc1F. The highest BCUT2D eigenvalue weighted by Gasteiger charge is 2.38. The Kier molecular flexibility index (Phi) is 6.20. The molecular weight excluding hydrogens is 364 g/mol. The van der Waals surface area contributed by atoms with Crippen molar-refractivity contribution in [1.82, 2.24) is 4.72 Å². The van der Waals surface area contributed by atoms with Gasteiger partial charge in [0.1, 0.15) is 16.4 Å². The van der Waals surface area contributed by atoms with Gasteiger partial charge in [0, 0.05) is 29.6 Å². The number of nitrogens with one attached hydrogen (secondary N) is 1. The van der Waals surface area contributed by atoms with E-state index in [9.17, 15) is 18.4 Å². The summed E-state index contributed by atoms with van der Waals surface area (Å²) in [6.07, 6.45) is 0.143. The number of hydrogen-bond donors (Lipinski definition) is 2. The summed E-state index contributed by atoms with van der Waals surface area (Å²) >= 11 is 1.56. The highest BCUT2D eigenvalue weighted by Crippen LogP contribution is 2.33. The number of benzene rings is 1. The third-order valence-electron chi connectivity index (χ3n) is 3.09. The second kappa shape index (κ2) is 6.91. The average Bonchev–Trinajstić information content (AvgIpc) is 2.32. The molecule has 120 valence electrons. The lowest BCUT2D eigenvalue weighted by Crippen LogP contribution is -2.50. The van der Waals surface area contributed by atoms with Crippen molar-refractivity contribution in [2.45, 2.75) is 44.4 Å². The van der Waals surface area contributed by atoms with Gasteiger partial charge in [0.05, 0.1) is 10.0 Å². The smallest absolute Gasteiger partial charge is 0.140 e. The zero-order valence-electron chi connectivity index (χ0n) is 12.5. The Morgan fingerprint density at radius 1 is 1.24 bits per heavy atom. The molecule has 0 aromatic heterocycles. The minimum absolute atomic E-state index is 0.117. The van der Waals surface area contributed by atoms with E-state index in [4.69, 9.17) is 0 Å². The van der Waals surface area contributed by atoms with E-state index in [1.165, 1.54) is 6.07 Å². The van der Waals surface area contributed by atoms with Crippen molar-refractivity contribution in [1.29, 1.82) is 0 Å². The number of rotatable bonds is 5. The van der Waals surface area contributed by atoms with E-state index in [-0.39, 0.29) is 23.1 Å². The number of hydrogen-bond acceptors (Lipinski definition) is 3. The van der Waals surface area contributed by atoms with Crippen LogP contribution in [0.15, 0.2) is 16.6 Å². The minimum Gasteiger partial charge on any atom is -0.598 e. The van der Waals surface area contributed by atoms with Crippen LogP contribution in [0.4, 0.5) is 8.78 Å². The lowest BCUT2D eigenvalue weighted by atomic mass is 9.89. The van der Waals surface area contributed by atoms with Gasteiger partial charge in [0.25, 0.3) is 0 Å². The summed E-state index contributed by atoms with van der Waals surface area (Å²) in [7, 11) is 0. The molecule has 0 spiro atoms. The normalized spacial score (nSPS) is 16.6. The highest BCUT2D eigenvalue weighted by atomic mass is 79.9. The van der Waals surface area contributed by atoms with Gasteiger partial charge in [-0.05, 0) is 56.1 Å². The fourth-order valence-electron chi connectivity index (χ4n) is 1.77. The largest absolute Gasteiger partial charge is 0.598 e. The van der Waals surface area contributed by atoms with Crippen LogP contribution in [-0.2, 0) is 16.9 Å². The maximum atomic E-state index is 14.1. The Hall–Kier alpha value is -0.210. The Labute approximate surface area is 135 Å². The van der Waals surface area contributed by atoms with E-state index in [1.54, 1.807) is 27.7 Å². The van der Waals surface area contributed by atoms with Crippen molar-refractivity contribution in [3.8, 4) is 0 Å². The molecule has 0 fully saturated rings. The van der Waals surface area contributed by atoms with Crippen LogP contribution >= 0.6 is 15.9 Å². The molecule has 0 radical (unpaired) electrons. The van der Waals surface area contributed by atoms with Crippen LogP contribution in [0, 0.1) is 11.6 Å². The number of aliphatic hydroxyl groups is 1. The van der Waals surface area contributed by atoms with E-state index in [2.05, 4.69) is 20.7 Å². The fourth-order valence-corrected chi connectivity index (χ4v) is 3.04. The van der Waals surface area contributed by atoms with Crippen LogP contribution in [0.2, 0.25) is 0 Å². The van der Waals surface area contributed by atoms with Crippen molar-refractivity contribution in [2.75, 3.05) is 6.61 Å². The summed E-state index contributed by atoms with van der Waals surface area (Å²) in [4.78, 5) is 0. The van der Waals surface area contributed by atoms with E-state index < -0.39 is 33.3 Å². The second-order valence-electron chi connectivity index (χ2n) is 6.04. The molecule has 0 bridgehead atoms. The molecule has 0 saturated carbocycles. The van der Waals surface area contributed by atoms with Gasteiger partial charge in [-0.3, -0.25) is 0 Å². The Bertz CT molecular complexity index is 510. The van der Waals surface area contributed by atoms with Gasteiger partial charge in [-0.15, -0.1) is 4.72 Å². The van der Waals surface area contributed by atoms with Crippen LogP contribution in [-0.4, -0.2) is 21.0 Å². The van der Waals surface area contributed by atoms with Crippen LogP contribution in [0.25, 0.3) is 0 Å². The van der Waals surface area contributed by atoms with Gasteiger partial charge in [0.2, 0.25) is 0 Å². The van der Waals surface area contributed by atoms with Crippen LogP contribution in [0.5, 0.6) is 0 Å². The third kappa shape index (κ3) is 4.63. The molecule has 0 heterocycles. The molecule has 1 aromatic rings. The number of halogens is 3. The standard InChI is InChI=1S/C14H20BrF2NO2S/c1-13(2,3)21(20)18-14(4,5-6-19)9-7-10(15)12(17)8-11(9)16/h7-8,18-19H,5-6H2,1-4H3. The molecule has 3 nitrogen and oxygen atoms in total. The maximum absolute atomic E-state index is 14.1. The molecule has 2 unspecified atom stereocenters. The monoisotopic (exact) mass is 383 g/mol. The average molecular weight is 384 g/mol. The van der Waals surface area contributed by atoms with Gasteiger partial charge < -0.3 is 9.66 Å². The summed E-state index contributed by atoms with van der Waals surface area (Å²) in [5, 5.41) is 9.25. The number of aliphatic hydroxyl groups excluding tert-OH is 1.